The molecular formula is C17H18N4OS2. The summed E-state index contributed by atoms with van der Waals surface area (Å²) in [4.78, 5) is 15.7. The predicted molar refractivity (Wildman–Crippen MR) is 99.0 cm³/mol. The van der Waals surface area contributed by atoms with Crippen LogP contribution in [0.25, 0.3) is 10.3 Å². The van der Waals surface area contributed by atoms with Crippen LogP contribution in [0.1, 0.15) is 12.5 Å². The van der Waals surface area contributed by atoms with Crippen LogP contribution in [0.4, 0.5) is 5.82 Å². The van der Waals surface area contributed by atoms with Crippen molar-refractivity contribution < 1.29 is 4.74 Å². The second-order valence-corrected chi connectivity index (χ2v) is 7.95. The van der Waals surface area contributed by atoms with Gasteiger partial charge in [0.15, 0.2) is 15.8 Å². The minimum atomic E-state index is -0.343. The predicted octanol–water partition coefficient (Wildman–Crippen LogP) is 3.56. The van der Waals surface area contributed by atoms with E-state index in [4.69, 9.17) is 4.74 Å². The number of aromatic nitrogens is 3. The summed E-state index contributed by atoms with van der Waals surface area (Å²) in [6.45, 7) is 4.40. The first kappa shape index (κ1) is 15.8. The summed E-state index contributed by atoms with van der Waals surface area (Å²) in [6.07, 6.45) is 3.64. The molecule has 1 aromatic carbocycles. The van der Waals surface area contributed by atoms with E-state index in [2.05, 4.69) is 51.0 Å². The van der Waals surface area contributed by atoms with E-state index in [1.54, 1.807) is 29.4 Å². The van der Waals surface area contributed by atoms with Gasteiger partial charge in [0, 0.05) is 6.54 Å². The fourth-order valence-electron chi connectivity index (χ4n) is 3.05. The Morgan fingerprint density at radius 3 is 2.88 bits per heavy atom. The van der Waals surface area contributed by atoms with Gasteiger partial charge < -0.3 is 9.64 Å². The van der Waals surface area contributed by atoms with Crippen molar-refractivity contribution in [2.75, 3.05) is 30.9 Å². The first-order valence-corrected chi connectivity index (χ1v) is 9.84. The molecule has 1 aliphatic heterocycles. The van der Waals surface area contributed by atoms with Crippen LogP contribution in [0.15, 0.2) is 41.0 Å². The van der Waals surface area contributed by atoms with Crippen molar-refractivity contribution in [3.05, 3.63) is 42.2 Å². The van der Waals surface area contributed by atoms with Gasteiger partial charge in [0.05, 0.1) is 13.2 Å². The van der Waals surface area contributed by atoms with Gasteiger partial charge in [-0.15, -0.1) is 11.3 Å². The molecule has 124 valence electrons. The van der Waals surface area contributed by atoms with E-state index >= 15 is 0 Å². The number of nitrogens with zero attached hydrogens (tertiary/aromatic N) is 4. The summed E-state index contributed by atoms with van der Waals surface area (Å²) in [5.41, 5.74) is 1.63. The van der Waals surface area contributed by atoms with E-state index in [0.29, 0.717) is 6.61 Å². The van der Waals surface area contributed by atoms with Crippen molar-refractivity contribution in [1.29, 1.82) is 0 Å². The molecule has 0 aliphatic carbocycles. The molecule has 2 aromatic heterocycles. The van der Waals surface area contributed by atoms with Crippen molar-refractivity contribution in [2.45, 2.75) is 16.9 Å². The molecular weight excluding hydrogens is 340 g/mol. The zero-order valence-electron chi connectivity index (χ0n) is 13.6. The van der Waals surface area contributed by atoms with Gasteiger partial charge in [-0.1, -0.05) is 42.1 Å². The summed E-state index contributed by atoms with van der Waals surface area (Å²) >= 11 is 3.30. The standard InChI is InChI=1S/C17H18N4OS2/c1-17(12-6-4-3-5-7-12)10-21(8-9-22-17)15-13-14(18-11-19-15)20-16(23-2)24-13/h3-7,11H,8-10H2,1-2H3. The van der Waals surface area contributed by atoms with E-state index in [1.165, 1.54) is 5.56 Å². The Balaban J connectivity index is 1.71. The highest BCUT2D eigenvalue weighted by atomic mass is 32.2. The van der Waals surface area contributed by atoms with Gasteiger partial charge in [0.2, 0.25) is 0 Å². The molecule has 1 fully saturated rings. The number of thiazole rings is 1. The third kappa shape index (κ3) is 2.76. The minimum Gasteiger partial charge on any atom is -0.367 e. The van der Waals surface area contributed by atoms with E-state index in [1.807, 2.05) is 12.3 Å². The lowest BCUT2D eigenvalue weighted by molar-refractivity contribution is -0.0467. The molecule has 0 amide bonds. The molecule has 1 atom stereocenters. The van der Waals surface area contributed by atoms with Gasteiger partial charge in [-0.25, -0.2) is 15.0 Å². The van der Waals surface area contributed by atoms with E-state index in [9.17, 15) is 0 Å². The Labute approximate surface area is 149 Å². The van der Waals surface area contributed by atoms with E-state index < -0.39 is 0 Å². The number of thioether (sulfide) groups is 1. The monoisotopic (exact) mass is 358 g/mol. The average molecular weight is 358 g/mol. The van der Waals surface area contributed by atoms with Gasteiger partial charge in [-0.05, 0) is 18.7 Å². The third-order valence-electron chi connectivity index (χ3n) is 4.29. The maximum atomic E-state index is 6.14. The molecule has 0 radical (unpaired) electrons. The average Bonchev–Trinajstić information content (AvgIpc) is 3.06. The van der Waals surface area contributed by atoms with Crippen LogP contribution < -0.4 is 4.90 Å². The maximum Gasteiger partial charge on any atom is 0.176 e. The molecule has 1 saturated heterocycles. The zero-order valence-corrected chi connectivity index (χ0v) is 15.2. The molecule has 0 bridgehead atoms. The van der Waals surface area contributed by atoms with Crippen molar-refractivity contribution in [2.24, 2.45) is 0 Å². The lowest BCUT2D eigenvalue weighted by Gasteiger charge is -2.41. The van der Waals surface area contributed by atoms with Crippen molar-refractivity contribution in [3.8, 4) is 0 Å². The van der Waals surface area contributed by atoms with Crippen LogP contribution in [0.3, 0.4) is 0 Å². The SMILES string of the molecule is CSc1nc2ncnc(N3CCOC(C)(c4ccccc4)C3)c2s1. The number of hydrogen-bond donors (Lipinski definition) is 0. The molecule has 3 heterocycles. The molecule has 1 aliphatic rings. The van der Waals surface area contributed by atoms with Crippen LogP contribution in [0.2, 0.25) is 0 Å². The Hall–Kier alpha value is -1.70. The van der Waals surface area contributed by atoms with Crippen molar-refractivity contribution in [1.82, 2.24) is 15.0 Å². The molecule has 1 unspecified atom stereocenters. The highest BCUT2D eigenvalue weighted by Crippen LogP contribution is 2.36. The van der Waals surface area contributed by atoms with Crippen LogP contribution >= 0.6 is 23.1 Å². The highest BCUT2D eigenvalue weighted by molar-refractivity contribution is 8.00. The minimum absolute atomic E-state index is 0.343. The Bertz CT molecular complexity index is 854. The lowest BCUT2D eigenvalue weighted by atomic mass is 9.94. The lowest BCUT2D eigenvalue weighted by Crippen LogP contribution is -2.48. The van der Waals surface area contributed by atoms with E-state index in [-0.39, 0.29) is 5.60 Å². The molecule has 0 saturated carbocycles. The summed E-state index contributed by atoms with van der Waals surface area (Å²) in [5.74, 6) is 0.961. The van der Waals surface area contributed by atoms with Crippen LogP contribution in [-0.4, -0.2) is 40.9 Å². The zero-order chi connectivity index (χ0) is 16.6. The fraction of sp³-hybridized carbons (Fsp3) is 0.353. The molecule has 3 aromatic rings. The van der Waals surface area contributed by atoms with Crippen LogP contribution in [0, 0.1) is 0 Å². The number of hydrogen-bond acceptors (Lipinski definition) is 7. The normalized spacial score (nSPS) is 21.3. The molecule has 4 rings (SSSR count). The summed E-state index contributed by atoms with van der Waals surface area (Å²) in [7, 11) is 0. The number of benzene rings is 1. The maximum absolute atomic E-state index is 6.14. The smallest absolute Gasteiger partial charge is 0.176 e. The van der Waals surface area contributed by atoms with Crippen LogP contribution in [-0.2, 0) is 10.3 Å². The number of ether oxygens (including phenoxy) is 1. The van der Waals surface area contributed by atoms with Crippen molar-refractivity contribution >= 4 is 39.3 Å². The Kier molecular flexibility index (Phi) is 4.15. The molecule has 24 heavy (non-hydrogen) atoms. The second kappa shape index (κ2) is 6.31. The van der Waals surface area contributed by atoms with Gasteiger partial charge in [-0.2, -0.15) is 0 Å². The molecule has 7 heteroatoms. The molecule has 0 spiro atoms. The first-order chi connectivity index (χ1) is 11.7. The topological polar surface area (TPSA) is 51.1 Å². The van der Waals surface area contributed by atoms with Gasteiger partial charge >= 0.3 is 0 Å². The van der Waals surface area contributed by atoms with Gasteiger partial charge in [0.1, 0.15) is 16.6 Å². The first-order valence-electron chi connectivity index (χ1n) is 7.79. The molecule has 5 nitrogen and oxygen atoms in total. The Morgan fingerprint density at radius 1 is 1.25 bits per heavy atom. The largest absolute Gasteiger partial charge is 0.367 e. The number of fused-ring (bicyclic) bond motifs is 1. The summed E-state index contributed by atoms with van der Waals surface area (Å²) in [5, 5.41) is 0. The number of rotatable bonds is 3. The van der Waals surface area contributed by atoms with E-state index in [0.717, 1.165) is 33.6 Å². The quantitative estimate of drug-likeness (QED) is 0.667. The van der Waals surface area contributed by atoms with Gasteiger partial charge in [-0.3, -0.25) is 0 Å². The summed E-state index contributed by atoms with van der Waals surface area (Å²) < 4.78 is 8.21. The third-order valence-corrected chi connectivity index (χ3v) is 6.31. The number of morpholine rings is 1. The Morgan fingerprint density at radius 2 is 2.08 bits per heavy atom. The number of anilines is 1. The second-order valence-electron chi connectivity index (χ2n) is 5.90. The summed E-state index contributed by atoms with van der Waals surface area (Å²) in [6, 6.07) is 10.4. The van der Waals surface area contributed by atoms with Crippen LogP contribution in [0.5, 0.6) is 0 Å². The molecule has 0 N–H and O–H groups in total. The highest BCUT2D eigenvalue weighted by Gasteiger charge is 2.35. The van der Waals surface area contributed by atoms with Crippen molar-refractivity contribution in [3.63, 3.8) is 0 Å². The fourth-order valence-corrected chi connectivity index (χ4v) is 4.58. The van der Waals surface area contributed by atoms with Gasteiger partial charge in [0.25, 0.3) is 0 Å².